The first-order valence-electron chi connectivity index (χ1n) is 10.0. The number of methoxy groups -OCH3 is 1. The molecule has 1 amide bonds. The zero-order valence-corrected chi connectivity index (χ0v) is 18.7. The van der Waals surface area contributed by atoms with E-state index in [2.05, 4.69) is 4.90 Å². The van der Waals surface area contributed by atoms with Gasteiger partial charge in [-0.3, -0.25) is 14.6 Å². The van der Waals surface area contributed by atoms with Gasteiger partial charge in [-0.1, -0.05) is 35.1 Å². The van der Waals surface area contributed by atoms with E-state index in [0.717, 1.165) is 23.4 Å². The Hall–Kier alpha value is -2.26. The van der Waals surface area contributed by atoms with Gasteiger partial charge in [0.05, 0.1) is 36.5 Å². The molecule has 2 aromatic carbocycles. The second-order valence-corrected chi connectivity index (χ2v) is 8.61. The number of thiazole rings is 1. The van der Waals surface area contributed by atoms with E-state index >= 15 is 0 Å². The number of hydrogen-bond acceptors (Lipinski definition) is 6. The smallest absolute Gasteiger partial charge is 0.233 e. The first-order valence-corrected chi connectivity index (χ1v) is 11.2. The number of anilines is 1. The van der Waals surface area contributed by atoms with Crippen LogP contribution in [0.1, 0.15) is 5.56 Å². The van der Waals surface area contributed by atoms with Gasteiger partial charge in [0.2, 0.25) is 5.91 Å². The zero-order valence-electron chi connectivity index (χ0n) is 17.1. The molecule has 0 unspecified atom stereocenters. The summed E-state index contributed by atoms with van der Waals surface area (Å²) >= 11 is 7.75. The van der Waals surface area contributed by atoms with Crippen LogP contribution < -0.4 is 9.64 Å². The fourth-order valence-corrected chi connectivity index (χ4v) is 4.79. The second-order valence-electron chi connectivity index (χ2n) is 7.23. The van der Waals surface area contributed by atoms with Crippen LogP contribution in [0.3, 0.4) is 0 Å². The summed E-state index contributed by atoms with van der Waals surface area (Å²) in [7, 11) is 1.58. The van der Waals surface area contributed by atoms with Gasteiger partial charge in [-0.25, -0.2) is 9.37 Å². The van der Waals surface area contributed by atoms with Crippen LogP contribution in [0.5, 0.6) is 5.75 Å². The van der Waals surface area contributed by atoms with Crippen molar-refractivity contribution in [2.24, 2.45) is 0 Å². The van der Waals surface area contributed by atoms with Crippen LogP contribution in [-0.2, 0) is 16.0 Å². The number of rotatable bonds is 7. The average Bonchev–Trinajstić information content (AvgIpc) is 3.22. The number of hydrogen-bond donors (Lipinski definition) is 0. The minimum absolute atomic E-state index is 0.103. The Kier molecular flexibility index (Phi) is 7.02. The predicted octanol–water partition coefficient (Wildman–Crippen LogP) is 4.01. The van der Waals surface area contributed by atoms with Crippen molar-refractivity contribution in [2.75, 3.05) is 51.4 Å². The lowest BCUT2D eigenvalue weighted by molar-refractivity contribution is -0.118. The first-order chi connectivity index (χ1) is 15.0. The van der Waals surface area contributed by atoms with Gasteiger partial charge in [0, 0.05) is 26.2 Å². The summed E-state index contributed by atoms with van der Waals surface area (Å²) in [4.78, 5) is 21.9. The summed E-state index contributed by atoms with van der Waals surface area (Å²) in [6.45, 7) is 4.24. The van der Waals surface area contributed by atoms with E-state index in [4.69, 9.17) is 26.1 Å². The lowest BCUT2D eigenvalue weighted by atomic mass is 10.1. The SMILES string of the molecule is COc1ccc(Cl)c2sc(N(CCN3CCOCC3)C(=O)Cc3ccc(F)cc3)nc12. The molecule has 0 saturated carbocycles. The Balaban J connectivity index is 1.62. The fraction of sp³-hybridized carbons (Fsp3) is 0.364. The maximum absolute atomic E-state index is 13.3. The van der Waals surface area contributed by atoms with Crippen molar-refractivity contribution >= 4 is 44.2 Å². The Bertz CT molecular complexity index is 1050. The normalized spacial score (nSPS) is 14.7. The number of fused-ring (bicyclic) bond motifs is 1. The third kappa shape index (κ3) is 5.15. The van der Waals surface area contributed by atoms with Crippen molar-refractivity contribution in [1.82, 2.24) is 9.88 Å². The van der Waals surface area contributed by atoms with Crippen LogP contribution in [0.2, 0.25) is 5.02 Å². The molecule has 164 valence electrons. The molecule has 31 heavy (non-hydrogen) atoms. The maximum Gasteiger partial charge on any atom is 0.233 e. The number of benzene rings is 2. The lowest BCUT2D eigenvalue weighted by Crippen LogP contribution is -2.43. The predicted molar refractivity (Wildman–Crippen MR) is 121 cm³/mol. The molecular formula is C22H23ClFN3O3S. The van der Waals surface area contributed by atoms with E-state index in [-0.39, 0.29) is 18.1 Å². The summed E-state index contributed by atoms with van der Waals surface area (Å²) < 4.78 is 24.9. The molecule has 6 nitrogen and oxygen atoms in total. The number of amides is 1. The molecule has 1 saturated heterocycles. The van der Waals surface area contributed by atoms with Gasteiger partial charge < -0.3 is 9.47 Å². The molecular weight excluding hydrogens is 441 g/mol. The minimum atomic E-state index is -0.326. The van der Waals surface area contributed by atoms with Crippen molar-refractivity contribution in [2.45, 2.75) is 6.42 Å². The average molecular weight is 464 g/mol. The third-order valence-corrected chi connectivity index (χ3v) is 6.75. The fourth-order valence-electron chi connectivity index (χ4n) is 3.49. The van der Waals surface area contributed by atoms with Crippen LogP contribution >= 0.6 is 22.9 Å². The van der Waals surface area contributed by atoms with Crippen LogP contribution in [0.25, 0.3) is 10.2 Å². The Labute approximate surface area is 189 Å². The zero-order chi connectivity index (χ0) is 21.8. The van der Waals surface area contributed by atoms with Crippen LogP contribution in [0.4, 0.5) is 9.52 Å². The highest BCUT2D eigenvalue weighted by atomic mass is 35.5. The minimum Gasteiger partial charge on any atom is -0.494 e. The standard InChI is InChI=1S/C22H23ClFN3O3S/c1-29-18-7-6-17(23)21-20(18)25-22(31-21)27(9-8-26-10-12-30-13-11-26)19(28)14-15-2-4-16(24)5-3-15/h2-7H,8-14H2,1H3. The summed E-state index contributed by atoms with van der Waals surface area (Å²) in [5.74, 6) is 0.184. The van der Waals surface area contributed by atoms with Gasteiger partial charge in [0.15, 0.2) is 5.13 Å². The second kappa shape index (κ2) is 9.91. The molecule has 1 aromatic heterocycles. The molecule has 1 aliphatic heterocycles. The number of ether oxygens (including phenoxy) is 2. The molecule has 3 aromatic rings. The Morgan fingerprint density at radius 2 is 2.00 bits per heavy atom. The number of morpholine rings is 1. The van der Waals surface area contributed by atoms with Crippen molar-refractivity contribution in [3.8, 4) is 5.75 Å². The number of aromatic nitrogens is 1. The summed E-state index contributed by atoms with van der Waals surface area (Å²) in [6.07, 6.45) is 0.157. The van der Waals surface area contributed by atoms with Crippen molar-refractivity contribution in [3.63, 3.8) is 0 Å². The molecule has 2 heterocycles. The third-order valence-electron chi connectivity index (χ3n) is 5.21. The van der Waals surface area contributed by atoms with Gasteiger partial charge in [-0.05, 0) is 29.8 Å². The van der Waals surface area contributed by atoms with Crippen LogP contribution in [0, 0.1) is 5.82 Å². The van der Waals surface area contributed by atoms with Crippen molar-refractivity contribution in [3.05, 3.63) is 52.8 Å². The van der Waals surface area contributed by atoms with E-state index in [1.807, 2.05) is 0 Å². The quantitative estimate of drug-likeness (QED) is 0.530. The number of carbonyl (C=O) groups excluding carboxylic acids is 1. The van der Waals surface area contributed by atoms with Crippen molar-refractivity contribution in [1.29, 1.82) is 0 Å². The molecule has 0 spiro atoms. The Morgan fingerprint density at radius 1 is 1.26 bits per heavy atom. The van der Waals surface area contributed by atoms with Gasteiger partial charge in [0.25, 0.3) is 0 Å². The van der Waals surface area contributed by atoms with Crippen LogP contribution in [-0.4, -0.2) is 62.3 Å². The first kappa shape index (κ1) is 22.0. The van der Waals surface area contributed by atoms with E-state index in [0.29, 0.717) is 47.7 Å². The number of halogens is 2. The molecule has 0 bridgehead atoms. The van der Waals surface area contributed by atoms with E-state index in [9.17, 15) is 9.18 Å². The summed E-state index contributed by atoms with van der Waals surface area (Å²) in [5, 5.41) is 1.14. The largest absolute Gasteiger partial charge is 0.494 e. The van der Waals surface area contributed by atoms with Gasteiger partial charge in [0.1, 0.15) is 17.1 Å². The molecule has 0 N–H and O–H groups in total. The molecule has 0 radical (unpaired) electrons. The molecule has 0 atom stereocenters. The highest BCUT2D eigenvalue weighted by molar-refractivity contribution is 7.23. The van der Waals surface area contributed by atoms with Gasteiger partial charge >= 0.3 is 0 Å². The van der Waals surface area contributed by atoms with Gasteiger partial charge in [-0.15, -0.1) is 0 Å². The van der Waals surface area contributed by atoms with Crippen molar-refractivity contribution < 1.29 is 18.7 Å². The van der Waals surface area contributed by atoms with E-state index in [1.165, 1.54) is 23.5 Å². The van der Waals surface area contributed by atoms with E-state index < -0.39 is 0 Å². The monoisotopic (exact) mass is 463 g/mol. The highest BCUT2D eigenvalue weighted by Crippen LogP contribution is 2.38. The lowest BCUT2D eigenvalue weighted by Gasteiger charge is -2.29. The number of carbonyl (C=O) groups is 1. The Morgan fingerprint density at radius 3 is 2.71 bits per heavy atom. The molecule has 1 fully saturated rings. The summed E-state index contributed by atoms with van der Waals surface area (Å²) in [6, 6.07) is 9.53. The summed E-state index contributed by atoms with van der Waals surface area (Å²) in [5.41, 5.74) is 1.39. The molecule has 9 heteroatoms. The van der Waals surface area contributed by atoms with Gasteiger partial charge in [-0.2, -0.15) is 0 Å². The maximum atomic E-state index is 13.3. The molecule has 0 aliphatic carbocycles. The molecule has 4 rings (SSSR count). The highest BCUT2D eigenvalue weighted by Gasteiger charge is 2.23. The topological polar surface area (TPSA) is 54.9 Å². The molecule has 1 aliphatic rings. The van der Waals surface area contributed by atoms with Crippen LogP contribution in [0.15, 0.2) is 36.4 Å². The number of nitrogens with zero attached hydrogens (tertiary/aromatic N) is 3. The van der Waals surface area contributed by atoms with E-state index in [1.54, 1.807) is 36.3 Å².